The van der Waals surface area contributed by atoms with Crippen LogP contribution in [0.3, 0.4) is 0 Å². The maximum absolute atomic E-state index is 12.2. The van der Waals surface area contributed by atoms with Crippen molar-refractivity contribution in [3.05, 3.63) is 69.1 Å². The second-order valence-corrected chi connectivity index (χ2v) is 3.96. The molecule has 1 heterocycles. The molecule has 0 aliphatic carbocycles. The zero-order valence-electron chi connectivity index (χ0n) is 10.8. The van der Waals surface area contributed by atoms with Crippen LogP contribution in [0.25, 0.3) is 11.8 Å². The highest BCUT2D eigenvalue weighted by atomic mass is 16.6. The molecule has 2 aromatic rings. The summed E-state index contributed by atoms with van der Waals surface area (Å²) in [4.78, 5) is 22.4. The fourth-order valence-electron chi connectivity index (χ4n) is 1.83. The molecule has 0 aliphatic rings. The molecule has 0 fully saturated rings. The average molecular weight is 272 g/mol. The number of methoxy groups -OCH3 is 1. The van der Waals surface area contributed by atoms with E-state index in [2.05, 4.69) is 6.58 Å². The lowest BCUT2D eigenvalue weighted by Crippen LogP contribution is -2.20. The number of non-ortho nitro benzene ring substituents is 1. The molecule has 0 radical (unpaired) electrons. The van der Waals surface area contributed by atoms with Gasteiger partial charge in [0.2, 0.25) is 0 Å². The number of nitro groups is 1. The fraction of sp³-hybridized carbons (Fsp3) is 0.0714. The van der Waals surface area contributed by atoms with Gasteiger partial charge in [-0.25, -0.2) is 0 Å². The van der Waals surface area contributed by atoms with Crippen molar-refractivity contribution < 1.29 is 9.66 Å². The molecule has 0 bridgehead atoms. The summed E-state index contributed by atoms with van der Waals surface area (Å²) in [5, 5.41) is 10.8. The van der Waals surface area contributed by atoms with E-state index >= 15 is 0 Å². The molecule has 1 aromatic heterocycles. The minimum atomic E-state index is -0.519. The van der Waals surface area contributed by atoms with Gasteiger partial charge in [0.05, 0.1) is 23.8 Å². The van der Waals surface area contributed by atoms with E-state index in [1.165, 1.54) is 36.0 Å². The van der Waals surface area contributed by atoms with E-state index < -0.39 is 4.92 Å². The van der Waals surface area contributed by atoms with Crippen molar-refractivity contribution in [2.24, 2.45) is 0 Å². The third-order valence-electron chi connectivity index (χ3n) is 2.83. The third kappa shape index (κ3) is 2.31. The zero-order chi connectivity index (χ0) is 14.7. The van der Waals surface area contributed by atoms with Gasteiger partial charge in [0.25, 0.3) is 11.2 Å². The molecule has 2 rings (SSSR count). The Balaban J connectivity index is 2.67. The Morgan fingerprint density at radius 1 is 1.40 bits per heavy atom. The summed E-state index contributed by atoms with van der Waals surface area (Å²) in [5.41, 5.74) is 0.507. The number of hydrogen-bond donors (Lipinski definition) is 0. The van der Waals surface area contributed by atoms with Crippen LogP contribution in [-0.4, -0.2) is 16.6 Å². The van der Waals surface area contributed by atoms with Gasteiger partial charge in [-0.1, -0.05) is 12.7 Å². The largest absolute Gasteiger partial charge is 0.494 e. The van der Waals surface area contributed by atoms with Crippen LogP contribution in [0.15, 0.2) is 47.9 Å². The molecule has 0 aliphatic heterocycles. The minimum Gasteiger partial charge on any atom is -0.494 e. The zero-order valence-corrected chi connectivity index (χ0v) is 10.8. The van der Waals surface area contributed by atoms with Crippen molar-refractivity contribution in [2.45, 2.75) is 0 Å². The standard InChI is InChI=1S/C14H12N2O4/c1-3-10-5-4-8-15(14(10)17)12-7-6-11(16(18)19)9-13(12)20-2/h3-9H,1H2,2H3. The lowest BCUT2D eigenvalue weighted by atomic mass is 10.2. The monoisotopic (exact) mass is 272 g/mol. The number of nitrogens with zero attached hydrogens (tertiary/aromatic N) is 2. The van der Waals surface area contributed by atoms with Crippen molar-refractivity contribution in [3.63, 3.8) is 0 Å². The highest BCUT2D eigenvalue weighted by Crippen LogP contribution is 2.26. The number of rotatable bonds is 4. The molecule has 6 heteroatoms. The van der Waals surface area contributed by atoms with Gasteiger partial charge in [-0.15, -0.1) is 0 Å². The van der Waals surface area contributed by atoms with Gasteiger partial charge >= 0.3 is 0 Å². The number of benzene rings is 1. The normalized spacial score (nSPS) is 10.1. The number of aromatic nitrogens is 1. The van der Waals surface area contributed by atoms with Crippen LogP contribution in [0.4, 0.5) is 5.69 Å². The Kier molecular flexibility index (Phi) is 3.65. The smallest absolute Gasteiger partial charge is 0.273 e. The quantitative estimate of drug-likeness (QED) is 0.632. The number of pyridine rings is 1. The molecule has 0 saturated heterocycles. The number of nitro benzene ring substituents is 1. The number of hydrogen-bond acceptors (Lipinski definition) is 4. The first-order valence-electron chi connectivity index (χ1n) is 5.75. The Hall–Kier alpha value is -2.89. The number of ether oxygens (including phenoxy) is 1. The average Bonchev–Trinajstić information content (AvgIpc) is 2.47. The van der Waals surface area contributed by atoms with E-state index in [-0.39, 0.29) is 17.0 Å². The molecular formula is C14H12N2O4. The summed E-state index contributed by atoms with van der Waals surface area (Å²) in [6, 6.07) is 7.42. The highest BCUT2D eigenvalue weighted by molar-refractivity contribution is 5.55. The predicted molar refractivity (Wildman–Crippen MR) is 75.3 cm³/mol. The molecule has 0 atom stereocenters. The minimum absolute atomic E-state index is 0.0986. The summed E-state index contributed by atoms with van der Waals surface area (Å²) in [5.74, 6) is 0.252. The van der Waals surface area contributed by atoms with Crippen LogP contribution >= 0.6 is 0 Å². The summed E-state index contributed by atoms with van der Waals surface area (Å²) < 4.78 is 6.49. The van der Waals surface area contributed by atoms with E-state index in [4.69, 9.17) is 4.74 Å². The molecule has 1 aromatic carbocycles. The summed E-state index contributed by atoms with van der Waals surface area (Å²) in [6.07, 6.45) is 3.02. The molecule has 102 valence electrons. The van der Waals surface area contributed by atoms with Crippen molar-refractivity contribution in [2.75, 3.05) is 7.11 Å². The van der Waals surface area contributed by atoms with E-state index in [0.29, 0.717) is 11.3 Å². The van der Waals surface area contributed by atoms with Crippen LogP contribution in [0.1, 0.15) is 5.56 Å². The van der Waals surface area contributed by atoms with Gasteiger partial charge in [0.1, 0.15) is 5.75 Å². The predicted octanol–water partition coefficient (Wildman–Crippen LogP) is 2.40. The Morgan fingerprint density at radius 2 is 2.15 bits per heavy atom. The van der Waals surface area contributed by atoms with Crippen molar-refractivity contribution in [1.29, 1.82) is 0 Å². The van der Waals surface area contributed by atoms with Crippen molar-refractivity contribution in [1.82, 2.24) is 4.57 Å². The Bertz CT molecular complexity index is 734. The molecule has 0 saturated carbocycles. The van der Waals surface area contributed by atoms with E-state index in [0.717, 1.165) is 0 Å². The van der Waals surface area contributed by atoms with Crippen LogP contribution < -0.4 is 10.3 Å². The summed E-state index contributed by atoms with van der Waals surface area (Å²) in [7, 11) is 1.39. The molecule has 0 spiro atoms. The Labute approximate surface area is 114 Å². The van der Waals surface area contributed by atoms with Gasteiger partial charge in [-0.3, -0.25) is 19.5 Å². The van der Waals surface area contributed by atoms with Gasteiger partial charge in [0, 0.05) is 17.8 Å². The first-order chi connectivity index (χ1) is 9.58. The van der Waals surface area contributed by atoms with E-state index in [9.17, 15) is 14.9 Å². The molecule has 20 heavy (non-hydrogen) atoms. The van der Waals surface area contributed by atoms with Crippen LogP contribution in [0.2, 0.25) is 0 Å². The maximum atomic E-state index is 12.2. The summed E-state index contributed by atoms with van der Waals surface area (Å²) >= 11 is 0. The lowest BCUT2D eigenvalue weighted by Gasteiger charge is -2.11. The second kappa shape index (κ2) is 5.40. The molecule has 0 N–H and O–H groups in total. The highest BCUT2D eigenvalue weighted by Gasteiger charge is 2.13. The fourth-order valence-corrected chi connectivity index (χ4v) is 1.83. The molecule has 0 amide bonds. The van der Waals surface area contributed by atoms with Gasteiger partial charge in [0.15, 0.2) is 0 Å². The van der Waals surface area contributed by atoms with Crippen molar-refractivity contribution >= 4 is 11.8 Å². The van der Waals surface area contributed by atoms with Gasteiger partial charge in [-0.05, 0) is 18.2 Å². The topological polar surface area (TPSA) is 74.4 Å². The second-order valence-electron chi connectivity index (χ2n) is 3.96. The maximum Gasteiger partial charge on any atom is 0.273 e. The first-order valence-corrected chi connectivity index (χ1v) is 5.75. The molecular weight excluding hydrogens is 260 g/mol. The molecule has 0 unspecified atom stereocenters. The van der Waals surface area contributed by atoms with E-state index in [1.54, 1.807) is 18.3 Å². The van der Waals surface area contributed by atoms with Crippen LogP contribution in [0, 0.1) is 10.1 Å². The molecule has 6 nitrogen and oxygen atoms in total. The first kappa shape index (κ1) is 13.5. The SMILES string of the molecule is C=Cc1cccn(-c2ccc([N+](=O)[O-])cc2OC)c1=O. The summed E-state index contributed by atoms with van der Waals surface area (Å²) in [6.45, 7) is 3.57. The van der Waals surface area contributed by atoms with Gasteiger partial charge < -0.3 is 4.74 Å². The third-order valence-corrected chi connectivity index (χ3v) is 2.83. The Morgan fingerprint density at radius 3 is 2.75 bits per heavy atom. The lowest BCUT2D eigenvalue weighted by molar-refractivity contribution is -0.384. The van der Waals surface area contributed by atoms with Gasteiger partial charge in [-0.2, -0.15) is 0 Å². The van der Waals surface area contributed by atoms with E-state index in [1.807, 2.05) is 0 Å². The van der Waals surface area contributed by atoms with Crippen LogP contribution in [0.5, 0.6) is 5.75 Å². The van der Waals surface area contributed by atoms with Crippen LogP contribution in [-0.2, 0) is 0 Å². The van der Waals surface area contributed by atoms with Crippen molar-refractivity contribution in [3.8, 4) is 11.4 Å².